The van der Waals surface area contributed by atoms with Crippen molar-refractivity contribution in [2.45, 2.75) is 6.61 Å². The van der Waals surface area contributed by atoms with Crippen LogP contribution in [0.5, 0.6) is 5.75 Å². The number of nitro benzene ring substituents is 1. The monoisotopic (exact) mass is 257 g/mol. The number of para-hydroxylation sites is 1. The van der Waals surface area contributed by atoms with Crippen molar-refractivity contribution in [3.63, 3.8) is 0 Å². The Balaban J connectivity index is 2.25. The maximum absolute atomic E-state index is 11.0. The average molecular weight is 257 g/mol. The first-order valence-electron chi connectivity index (χ1n) is 5.61. The van der Waals surface area contributed by atoms with Crippen LogP contribution in [-0.2, 0) is 6.61 Å². The maximum atomic E-state index is 11.0. The van der Waals surface area contributed by atoms with E-state index in [1.165, 1.54) is 12.1 Å². The van der Waals surface area contributed by atoms with Crippen molar-refractivity contribution in [3.05, 3.63) is 69.8 Å². The van der Waals surface area contributed by atoms with E-state index in [1.807, 2.05) is 30.3 Å². The van der Waals surface area contributed by atoms with Gasteiger partial charge in [0.15, 0.2) is 12.0 Å². The smallest absolute Gasteiger partial charge is 0.321 e. The Morgan fingerprint density at radius 3 is 2.47 bits per heavy atom. The molecule has 0 amide bonds. The summed E-state index contributed by atoms with van der Waals surface area (Å²) < 4.78 is 5.43. The van der Waals surface area contributed by atoms with Gasteiger partial charge in [-0.15, -0.1) is 0 Å². The first-order valence-corrected chi connectivity index (χ1v) is 5.61. The van der Waals surface area contributed by atoms with Crippen LogP contribution in [0.1, 0.15) is 15.9 Å². The second kappa shape index (κ2) is 5.77. The van der Waals surface area contributed by atoms with Gasteiger partial charge in [0.2, 0.25) is 0 Å². The molecule has 0 saturated heterocycles. The van der Waals surface area contributed by atoms with Crippen molar-refractivity contribution < 1.29 is 14.5 Å². The normalized spacial score (nSPS) is 9.89. The topological polar surface area (TPSA) is 69.4 Å². The van der Waals surface area contributed by atoms with Crippen LogP contribution in [0, 0.1) is 10.1 Å². The van der Waals surface area contributed by atoms with Crippen molar-refractivity contribution in [2.24, 2.45) is 0 Å². The van der Waals surface area contributed by atoms with E-state index in [4.69, 9.17) is 4.74 Å². The van der Waals surface area contributed by atoms with Crippen LogP contribution < -0.4 is 4.74 Å². The molecular weight excluding hydrogens is 246 g/mol. The van der Waals surface area contributed by atoms with Crippen LogP contribution in [0.2, 0.25) is 0 Å². The largest absolute Gasteiger partial charge is 0.482 e. The van der Waals surface area contributed by atoms with Crippen molar-refractivity contribution in [3.8, 4) is 5.75 Å². The van der Waals surface area contributed by atoms with Crippen LogP contribution in [0.3, 0.4) is 0 Å². The molecule has 0 aliphatic carbocycles. The fourth-order valence-electron chi connectivity index (χ4n) is 1.68. The zero-order chi connectivity index (χ0) is 13.7. The Labute approximate surface area is 109 Å². The van der Waals surface area contributed by atoms with Gasteiger partial charge in [0.25, 0.3) is 0 Å². The summed E-state index contributed by atoms with van der Waals surface area (Å²) in [6.07, 6.45) is 0.452. The van der Waals surface area contributed by atoms with Crippen molar-refractivity contribution in [1.29, 1.82) is 0 Å². The van der Waals surface area contributed by atoms with Crippen molar-refractivity contribution in [2.75, 3.05) is 0 Å². The molecule has 0 bridgehead atoms. The zero-order valence-corrected chi connectivity index (χ0v) is 9.98. The van der Waals surface area contributed by atoms with Gasteiger partial charge in [0.05, 0.1) is 10.5 Å². The van der Waals surface area contributed by atoms with Crippen LogP contribution in [0.25, 0.3) is 0 Å². The van der Waals surface area contributed by atoms with E-state index >= 15 is 0 Å². The summed E-state index contributed by atoms with van der Waals surface area (Å²) in [6, 6.07) is 13.7. The molecule has 96 valence electrons. The quantitative estimate of drug-likeness (QED) is 0.469. The SMILES string of the molecule is O=Cc1cccc(OCc2ccccc2)c1[N+](=O)[O-]. The van der Waals surface area contributed by atoms with Gasteiger partial charge < -0.3 is 4.74 Å². The lowest BCUT2D eigenvalue weighted by molar-refractivity contribution is -0.386. The van der Waals surface area contributed by atoms with Crippen LogP contribution in [0.15, 0.2) is 48.5 Å². The van der Waals surface area contributed by atoms with Gasteiger partial charge in [-0.3, -0.25) is 14.9 Å². The summed E-state index contributed by atoms with van der Waals surface area (Å²) in [6.45, 7) is 0.212. The third-order valence-corrected chi connectivity index (χ3v) is 2.58. The molecule has 2 rings (SSSR count). The summed E-state index contributed by atoms with van der Waals surface area (Å²) in [4.78, 5) is 21.2. The highest BCUT2D eigenvalue weighted by atomic mass is 16.6. The van der Waals surface area contributed by atoms with Gasteiger partial charge in [-0.05, 0) is 17.7 Å². The summed E-state index contributed by atoms with van der Waals surface area (Å²) in [5.41, 5.74) is 0.609. The molecule has 0 aromatic heterocycles. The highest BCUT2D eigenvalue weighted by Gasteiger charge is 2.20. The first kappa shape index (κ1) is 12.8. The number of nitro groups is 1. The van der Waals surface area contributed by atoms with Crippen molar-refractivity contribution >= 4 is 12.0 Å². The summed E-state index contributed by atoms with van der Waals surface area (Å²) in [5.74, 6) is 0.0958. The molecule has 19 heavy (non-hydrogen) atoms. The van der Waals surface area contributed by atoms with E-state index in [9.17, 15) is 14.9 Å². The standard InChI is InChI=1S/C14H11NO4/c16-9-12-7-4-8-13(14(12)15(17)18)19-10-11-5-2-1-3-6-11/h1-9H,10H2. The number of hydrogen-bond acceptors (Lipinski definition) is 4. The average Bonchev–Trinajstić information content (AvgIpc) is 2.45. The number of aldehydes is 1. The Morgan fingerprint density at radius 2 is 1.84 bits per heavy atom. The molecule has 0 heterocycles. The van der Waals surface area contributed by atoms with Gasteiger partial charge in [-0.1, -0.05) is 36.4 Å². The number of hydrogen-bond donors (Lipinski definition) is 0. The first-order chi connectivity index (χ1) is 9.22. The van der Waals surface area contributed by atoms with Crippen LogP contribution in [-0.4, -0.2) is 11.2 Å². The minimum atomic E-state index is -0.607. The Morgan fingerprint density at radius 1 is 1.11 bits per heavy atom. The molecule has 0 atom stereocenters. The number of carbonyl (C=O) groups is 1. The van der Waals surface area contributed by atoms with E-state index in [0.29, 0.717) is 6.29 Å². The second-order valence-corrected chi connectivity index (χ2v) is 3.84. The summed E-state index contributed by atoms with van der Waals surface area (Å²) in [7, 11) is 0. The lowest BCUT2D eigenvalue weighted by Gasteiger charge is -2.07. The van der Waals surface area contributed by atoms with E-state index in [1.54, 1.807) is 6.07 Å². The fourth-order valence-corrected chi connectivity index (χ4v) is 1.68. The molecule has 0 aliphatic rings. The molecule has 0 radical (unpaired) electrons. The number of benzene rings is 2. The molecule has 0 fully saturated rings. The molecule has 2 aromatic rings. The molecule has 2 aromatic carbocycles. The van der Waals surface area contributed by atoms with Crippen molar-refractivity contribution in [1.82, 2.24) is 0 Å². The third kappa shape index (κ3) is 2.95. The van der Waals surface area contributed by atoms with Gasteiger partial charge in [-0.2, -0.15) is 0 Å². The molecule has 5 nitrogen and oxygen atoms in total. The predicted octanol–water partition coefficient (Wildman–Crippen LogP) is 2.99. The third-order valence-electron chi connectivity index (χ3n) is 2.58. The highest BCUT2D eigenvalue weighted by Crippen LogP contribution is 2.30. The van der Waals surface area contributed by atoms with Gasteiger partial charge in [-0.25, -0.2) is 0 Å². The highest BCUT2D eigenvalue weighted by molar-refractivity contribution is 5.83. The van der Waals surface area contributed by atoms with E-state index in [-0.39, 0.29) is 23.6 Å². The second-order valence-electron chi connectivity index (χ2n) is 3.84. The molecule has 0 spiro atoms. The summed E-state index contributed by atoms with van der Waals surface area (Å²) >= 11 is 0. The number of rotatable bonds is 5. The minimum absolute atomic E-state index is 0.00978. The lowest BCUT2D eigenvalue weighted by Crippen LogP contribution is -2.01. The van der Waals surface area contributed by atoms with Gasteiger partial charge in [0, 0.05) is 0 Å². The van der Waals surface area contributed by atoms with Gasteiger partial charge in [0.1, 0.15) is 6.61 Å². The zero-order valence-electron chi connectivity index (χ0n) is 9.98. The Bertz CT molecular complexity index is 596. The minimum Gasteiger partial charge on any atom is -0.482 e. The maximum Gasteiger partial charge on any atom is 0.321 e. The van der Waals surface area contributed by atoms with Crippen LogP contribution in [0.4, 0.5) is 5.69 Å². The van der Waals surface area contributed by atoms with E-state index in [0.717, 1.165) is 5.56 Å². The lowest BCUT2D eigenvalue weighted by atomic mass is 10.2. The van der Waals surface area contributed by atoms with Crippen LogP contribution >= 0.6 is 0 Å². The molecular formula is C14H11NO4. The molecule has 0 saturated carbocycles. The summed E-state index contributed by atoms with van der Waals surface area (Å²) in [5, 5.41) is 11.0. The van der Waals surface area contributed by atoms with Gasteiger partial charge >= 0.3 is 5.69 Å². The van der Waals surface area contributed by atoms with E-state index in [2.05, 4.69) is 0 Å². The Hall–Kier alpha value is -2.69. The van der Waals surface area contributed by atoms with E-state index < -0.39 is 4.92 Å². The number of carbonyl (C=O) groups excluding carboxylic acids is 1. The molecule has 0 unspecified atom stereocenters. The molecule has 5 heteroatoms. The Kier molecular flexibility index (Phi) is 3.87. The molecule has 0 N–H and O–H groups in total. The number of ether oxygens (including phenoxy) is 1. The number of nitrogens with zero attached hydrogens (tertiary/aromatic N) is 1. The molecule has 0 aliphatic heterocycles. The fraction of sp³-hybridized carbons (Fsp3) is 0.0714. The predicted molar refractivity (Wildman–Crippen MR) is 69.3 cm³/mol.